The Balaban J connectivity index is 2.98. The lowest BCUT2D eigenvalue weighted by atomic mass is 10.4. The second kappa shape index (κ2) is 3.51. The average Bonchev–Trinajstić information content (AvgIpc) is 1.91. The smallest absolute Gasteiger partial charge is 0.214 e. The molecule has 12 heavy (non-hydrogen) atoms. The molecule has 0 aliphatic heterocycles. The first kappa shape index (κ1) is 9.63. The van der Waals surface area contributed by atoms with E-state index in [-0.39, 0.29) is 5.75 Å². The number of nitrogens with two attached hydrogens (primary N) is 1. The van der Waals surface area contributed by atoms with Crippen molar-refractivity contribution in [2.24, 2.45) is 5.14 Å². The van der Waals surface area contributed by atoms with Crippen molar-refractivity contribution in [3.8, 4) is 0 Å². The van der Waals surface area contributed by atoms with Crippen LogP contribution in [0.1, 0.15) is 5.69 Å². The van der Waals surface area contributed by atoms with Gasteiger partial charge >= 0.3 is 0 Å². The second-order valence-electron chi connectivity index (χ2n) is 2.24. The zero-order chi connectivity index (χ0) is 9.19. The Morgan fingerprint density at radius 1 is 1.58 bits per heavy atom. The molecule has 1 rings (SSSR count). The van der Waals surface area contributed by atoms with Gasteiger partial charge in [-0.3, -0.25) is 4.98 Å². The van der Waals surface area contributed by atoms with Gasteiger partial charge in [-0.15, -0.1) is 0 Å². The van der Waals surface area contributed by atoms with E-state index in [9.17, 15) is 8.42 Å². The third-order valence-electron chi connectivity index (χ3n) is 1.17. The molecule has 0 unspecified atom stereocenters. The molecular weight excluding hydrogens is 244 g/mol. The van der Waals surface area contributed by atoms with Crippen LogP contribution in [0.2, 0.25) is 0 Å². The first-order valence-electron chi connectivity index (χ1n) is 3.09. The lowest BCUT2D eigenvalue weighted by Gasteiger charge is -1.99. The second-order valence-corrected chi connectivity index (χ2v) is 4.71. The van der Waals surface area contributed by atoms with E-state index in [1.54, 1.807) is 12.1 Å². The fourth-order valence-corrected chi connectivity index (χ4v) is 1.91. The van der Waals surface area contributed by atoms with E-state index in [0.717, 1.165) is 0 Å². The number of halogens is 1. The van der Waals surface area contributed by atoms with Gasteiger partial charge in [-0.25, -0.2) is 13.6 Å². The van der Waals surface area contributed by atoms with E-state index in [0.29, 0.717) is 10.2 Å². The average molecular weight is 251 g/mol. The molecule has 0 atom stereocenters. The quantitative estimate of drug-likeness (QED) is 0.837. The molecule has 0 spiro atoms. The van der Waals surface area contributed by atoms with Crippen molar-refractivity contribution in [3.63, 3.8) is 0 Å². The predicted octanol–water partition coefficient (Wildman–Crippen LogP) is 0.633. The standard InChI is InChI=1S/C6H7BrN2O2S/c7-5-2-1-3-9-6(5)4-12(8,10)11/h1-3H,4H2,(H2,8,10,11). The fourth-order valence-electron chi connectivity index (χ4n) is 0.715. The number of hydrogen-bond acceptors (Lipinski definition) is 3. The van der Waals surface area contributed by atoms with E-state index >= 15 is 0 Å². The highest BCUT2D eigenvalue weighted by Crippen LogP contribution is 2.14. The number of hydrogen-bond donors (Lipinski definition) is 1. The lowest BCUT2D eigenvalue weighted by molar-refractivity contribution is 0.596. The first-order chi connectivity index (χ1) is 5.49. The Bertz CT molecular complexity index is 377. The molecule has 1 heterocycles. The van der Waals surface area contributed by atoms with Gasteiger partial charge in [0.1, 0.15) is 5.75 Å². The summed E-state index contributed by atoms with van der Waals surface area (Å²) >= 11 is 3.17. The van der Waals surface area contributed by atoms with Gasteiger partial charge in [0.05, 0.1) is 5.69 Å². The van der Waals surface area contributed by atoms with Gasteiger partial charge in [-0.1, -0.05) is 0 Å². The van der Waals surface area contributed by atoms with Gasteiger partial charge in [-0.05, 0) is 28.1 Å². The molecule has 1 aromatic rings. The zero-order valence-corrected chi connectivity index (χ0v) is 8.47. The Labute approximate surface area is 79.0 Å². The van der Waals surface area contributed by atoms with E-state index < -0.39 is 10.0 Å². The topological polar surface area (TPSA) is 73.1 Å². The minimum absolute atomic E-state index is 0.242. The number of aromatic nitrogens is 1. The van der Waals surface area contributed by atoms with Crippen LogP contribution in [0.25, 0.3) is 0 Å². The van der Waals surface area contributed by atoms with Gasteiger partial charge in [0.2, 0.25) is 10.0 Å². The summed E-state index contributed by atoms with van der Waals surface area (Å²) in [6, 6.07) is 3.42. The van der Waals surface area contributed by atoms with Gasteiger partial charge in [-0.2, -0.15) is 0 Å². The molecule has 0 saturated heterocycles. The molecule has 0 radical (unpaired) electrons. The van der Waals surface area contributed by atoms with Crippen molar-refractivity contribution in [1.29, 1.82) is 0 Å². The fraction of sp³-hybridized carbons (Fsp3) is 0.167. The maximum absolute atomic E-state index is 10.7. The molecule has 0 aromatic carbocycles. The molecule has 66 valence electrons. The van der Waals surface area contributed by atoms with Crippen LogP contribution in [0.15, 0.2) is 22.8 Å². The SMILES string of the molecule is NS(=O)(=O)Cc1ncccc1Br. The molecule has 2 N–H and O–H groups in total. The van der Waals surface area contributed by atoms with Crippen molar-refractivity contribution in [2.75, 3.05) is 0 Å². The van der Waals surface area contributed by atoms with Crippen LogP contribution in [-0.2, 0) is 15.8 Å². The number of nitrogens with zero attached hydrogens (tertiary/aromatic N) is 1. The van der Waals surface area contributed by atoms with Crippen molar-refractivity contribution in [3.05, 3.63) is 28.5 Å². The monoisotopic (exact) mass is 250 g/mol. The van der Waals surface area contributed by atoms with E-state index in [1.165, 1.54) is 6.20 Å². The van der Waals surface area contributed by atoms with Gasteiger partial charge in [0, 0.05) is 10.7 Å². The van der Waals surface area contributed by atoms with Gasteiger partial charge in [0.25, 0.3) is 0 Å². The number of pyridine rings is 1. The summed E-state index contributed by atoms with van der Waals surface area (Å²) in [5, 5.41) is 4.85. The molecular formula is C6H7BrN2O2S. The van der Waals surface area contributed by atoms with E-state index in [1.807, 2.05) is 0 Å². The molecule has 0 fully saturated rings. The number of sulfonamides is 1. The van der Waals surface area contributed by atoms with Crippen molar-refractivity contribution in [2.45, 2.75) is 5.75 Å². The summed E-state index contributed by atoms with van der Waals surface area (Å²) in [6.45, 7) is 0. The van der Waals surface area contributed by atoms with E-state index in [2.05, 4.69) is 20.9 Å². The normalized spacial score (nSPS) is 11.5. The van der Waals surface area contributed by atoms with Crippen LogP contribution < -0.4 is 5.14 Å². The largest absolute Gasteiger partial charge is 0.259 e. The number of rotatable bonds is 2. The molecule has 6 heteroatoms. The summed E-state index contributed by atoms with van der Waals surface area (Å²) in [7, 11) is -3.49. The van der Waals surface area contributed by atoms with Crippen molar-refractivity contribution < 1.29 is 8.42 Å². The number of primary sulfonamides is 1. The Kier molecular flexibility index (Phi) is 2.81. The van der Waals surface area contributed by atoms with Crippen LogP contribution in [-0.4, -0.2) is 13.4 Å². The lowest BCUT2D eigenvalue weighted by Crippen LogP contribution is -2.15. The molecule has 0 saturated carbocycles. The van der Waals surface area contributed by atoms with Gasteiger partial charge in [0.15, 0.2) is 0 Å². The van der Waals surface area contributed by atoms with Crippen LogP contribution >= 0.6 is 15.9 Å². The highest BCUT2D eigenvalue weighted by Gasteiger charge is 2.08. The summed E-state index contributed by atoms with van der Waals surface area (Å²) in [5.74, 6) is -0.242. The highest BCUT2D eigenvalue weighted by atomic mass is 79.9. The van der Waals surface area contributed by atoms with Crippen molar-refractivity contribution in [1.82, 2.24) is 4.98 Å². The van der Waals surface area contributed by atoms with E-state index in [4.69, 9.17) is 5.14 Å². The minimum atomic E-state index is -3.49. The third kappa shape index (κ3) is 2.88. The van der Waals surface area contributed by atoms with Gasteiger partial charge < -0.3 is 0 Å². The van der Waals surface area contributed by atoms with Crippen LogP contribution in [0, 0.1) is 0 Å². The zero-order valence-electron chi connectivity index (χ0n) is 6.07. The van der Waals surface area contributed by atoms with Crippen LogP contribution in [0.3, 0.4) is 0 Å². The maximum atomic E-state index is 10.7. The first-order valence-corrected chi connectivity index (χ1v) is 5.60. The maximum Gasteiger partial charge on any atom is 0.214 e. The Morgan fingerprint density at radius 3 is 2.75 bits per heavy atom. The predicted molar refractivity (Wildman–Crippen MR) is 48.7 cm³/mol. The van der Waals surface area contributed by atoms with Crippen LogP contribution in [0.5, 0.6) is 0 Å². The third-order valence-corrected chi connectivity index (χ3v) is 2.57. The summed E-state index contributed by atoms with van der Waals surface area (Å²) in [6.07, 6.45) is 1.52. The summed E-state index contributed by atoms with van der Waals surface area (Å²) in [5.41, 5.74) is 0.431. The molecule has 0 bridgehead atoms. The molecule has 1 aromatic heterocycles. The molecule has 0 amide bonds. The molecule has 0 aliphatic rings. The highest BCUT2D eigenvalue weighted by molar-refractivity contribution is 9.10. The molecule has 0 aliphatic carbocycles. The Hall–Kier alpha value is -0.460. The van der Waals surface area contributed by atoms with Crippen LogP contribution in [0.4, 0.5) is 0 Å². The summed E-state index contributed by atoms with van der Waals surface area (Å²) < 4.78 is 22.0. The van der Waals surface area contributed by atoms with Crippen molar-refractivity contribution >= 4 is 26.0 Å². The minimum Gasteiger partial charge on any atom is -0.259 e. The Morgan fingerprint density at radius 2 is 2.25 bits per heavy atom. The molecule has 4 nitrogen and oxygen atoms in total. The summed E-state index contributed by atoms with van der Waals surface area (Å²) in [4.78, 5) is 3.86.